The van der Waals surface area contributed by atoms with Crippen LogP contribution in [-0.4, -0.2) is 29.4 Å². The van der Waals surface area contributed by atoms with Gasteiger partial charge in [-0.15, -0.1) is 0 Å². The van der Waals surface area contributed by atoms with E-state index in [9.17, 15) is 10.2 Å². The lowest BCUT2D eigenvalue weighted by Crippen LogP contribution is -2.22. The first-order valence-corrected chi connectivity index (χ1v) is 5.93. The van der Waals surface area contributed by atoms with Crippen LogP contribution in [0.1, 0.15) is 18.4 Å². The molecule has 88 valence electrons. The Balaban J connectivity index is 2.05. The second-order valence-corrected chi connectivity index (χ2v) is 4.49. The highest BCUT2D eigenvalue weighted by Gasteiger charge is 2.22. The van der Waals surface area contributed by atoms with Gasteiger partial charge < -0.3 is 15.5 Å². The van der Waals surface area contributed by atoms with Crippen LogP contribution in [0.15, 0.2) is 24.3 Å². The molecular formula is C13H19NO2. The van der Waals surface area contributed by atoms with Crippen molar-refractivity contribution in [3.05, 3.63) is 29.8 Å². The van der Waals surface area contributed by atoms with Crippen molar-refractivity contribution in [1.29, 1.82) is 0 Å². The molecule has 16 heavy (non-hydrogen) atoms. The van der Waals surface area contributed by atoms with E-state index in [-0.39, 0.29) is 12.0 Å². The van der Waals surface area contributed by atoms with Gasteiger partial charge >= 0.3 is 0 Å². The number of benzene rings is 1. The predicted molar refractivity (Wildman–Crippen MR) is 63.4 cm³/mol. The number of aromatic hydroxyl groups is 1. The fraction of sp³-hybridized carbons (Fsp3) is 0.538. The number of phenolic OH excluding ortho intramolecular Hbond substituents is 1. The lowest BCUT2D eigenvalue weighted by molar-refractivity contribution is 0.104. The minimum absolute atomic E-state index is 0.253. The average molecular weight is 221 g/mol. The van der Waals surface area contributed by atoms with Crippen LogP contribution < -0.4 is 5.32 Å². The van der Waals surface area contributed by atoms with Crippen molar-refractivity contribution in [1.82, 2.24) is 5.32 Å². The van der Waals surface area contributed by atoms with Gasteiger partial charge in [-0.1, -0.05) is 18.2 Å². The first kappa shape index (κ1) is 11.4. The van der Waals surface area contributed by atoms with Gasteiger partial charge in [0.05, 0.1) is 6.10 Å². The molecule has 2 rings (SSSR count). The molecule has 1 heterocycles. The summed E-state index contributed by atoms with van der Waals surface area (Å²) in [7, 11) is 0. The molecule has 0 saturated carbocycles. The van der Waals surface area contributed by atoms with Crippen LogP contribution >= 0.6 is 0 Å². The molecule has 0 amide bonds. The molecule has 1 aliphatic rings. The molecule has 3 N–H and O–H groups in total. The number of para-hydroxylation sites is 1. The maximum atomic E-state index is 9.98. The van der Waals surface area contributed by atoms with E-state index >= 15 is 0 Å². The molecule has 1 aliphatic heterocycles. The number of aliphatic hydroxyl groups excluding tert-OH is 1. The Bertz CT molecular complexity index is 340. The second kappa shape index (κ2) is 5.32. The van der Waals surface area contributed by atoms with Crippen LogP contribution in [-0.2, 0) is 6.42 Å². The molecule has 0 radical (unpaired) electrons. The largest absolute Gasteiger partial charge is 0.508 e. The van der Waals surface area contributed by atoms with E-state index in [1.807, 2.05) is 18.2 Å². The minimum atomic E-state index is -0.255. The van der Waals surface area contributed by atoms with Crippen molar-refractivity contribution in [3.8, 4) is 5.75 Å². The quantitative estimate of drug-likeness (QED) is 0.705. The number of rotatable bonds is 2. The maximum Gasteiger partial charge on any atom is 0.118 e. The Labute approximate surface area is 96.1 Å². The SMILES string of the molecule is Oc1ccccc1CC1CCNCCC1O. The summed E-state index contributed by atoms with van der Waals surface area (Å²) in [4.78, 5) is 0. The van der Waals surface area contributed by atoms with E-state index in [0.717, 1.165) is 37.9 Å². The van der Waals surface area contributed by atoms with Crippen LogP contribution in [0.3, 0.4) is 0 Å². The van der Waals surface area contributed by atoms with Crippen molar-refractivity contribution in [2.24, 2.45) is 5.92 Å². The van der Waals surface area contributed by atoms with E-state index in [2.05, 4.69) is 5.32 Å². The lowest BCUT2D eigenvalue weighted by Gasteiger charge is -2.20. The summed E-state index contributed by atoms with van der Waals surface area (Å²) in [5.74, 6) is 0.593. The topological polar surface area (TPSA) is 52.5 Å². The summed E-state index contributed by atoms with van der Waals surface area (Å²) in [6.45, 7) is 1.84. The third-order valence-corrected chi connectivity index (χ3v) is 3.33. The van der Waals surface area contributed by atoms with Gasteiger partial charge in [-0.05, 0) is 49.9 Å². The third-order valence-electron chi connectivity index (χ3n) is 3.33. The van der Waals surface area contributed by atoms with Crippen LogP contribution in [0.2, 0.25) is 0 Å². The van der Waals surface area contributed by atoms with Crippen molar-refractivity contribution < 1.29 is 10.2 Å². The Morgan fingerprint density at radius 2 is 1.94 bits per heavy atom. The standard InChI is InChI=1S/C13H19NO2/c15-12-4-2-1-3-10(12)9-11-5-7-14-8-6-13(11)16/h1-4,11,13-16H,5-9H2. The molecule has 3 nitrogen and oxygen atoms in total. The van der Waals surface area contributed by atoms with Crippen molar-refractivity contribution in [2.75, 3.05) is 13.1 Å². The van der Waals surface area contributed by atoms with Crippen LogP contribution in [0.25, 0.3) is 0 Å². The molecule has 1 aromatic carbocycles. The predicted octanol–water partition coefficient (Wildman–Crippen LogP) is 1.30. The van der Waals surface area contributed by atoms with Gasteiger partial charge in [0.2, 0.25) is 0 Å². The molecule has 3 heteroatoms. The first-order valence-electron chi connectivity index (χ1n) is 5.93. The third kappa shape index (κ3) is 2.74. The van der Waals surface area contributed by atoms with Crippen LogP contribution in [0.5, 0.6) is 5.75 Å². The van der Waals surface area contributed by atoms with Crippen LogP contribution in [0, 0.1) is 5.92 Å². The normalized spacial score (nSPS) is 26.3. The Hall–Kier alpha value is -1.06. The number of phenols is 1. The number of aliphatic hydroxyl groups is 1. The summed E-state index contributed by atoms with van der Waals surface area (Å²) in [6.07, 6.45) is 2.28. The molecule has 2 atom stereocenters. The number of hydrogen-bond acceptors (Lipinski definition) is 3. The van der Waals surface area contributed by atoms with Gasteiger partial charge in [-0.3, -0.25) is 0 Å². The van der Waals surface area contributed by atoms with Gasteiger partial charge in [0.15, 0.2) is 0 Å². The molecule has 1 saturated heterocycles. The monoisotopic (exact) mass is 221 g/mol. The van der Waals surface area contributed by atoms with E-state index in [4.69, 9.17) is 0 Å². The zero-order chi connectivity index (χ0) is 11.4. The fourth-order valence-corrected chi connectivity index (χ4v) is 2.29. The second-order valence-electron chi connectivity index (χ2n) is 4.49. The molecule has 0 aliphatic carbocycles. The van der Waals surface area contributed by atoms with Gasteiger partial charge in [-0.25, -0.2) is 0 Å². The summed E-state index contributed by atoms with van der Waals surface area (Å²) in [6, 6.07) is 7.39. The highest BCUT2D eigenvalue weighted by atomic mass is 16.3. The number of hydrogen-bond donors (Lipinski definition) is 3. The number of nitrogens with one attached hydrogen (secondary N) is 1. The lowest BCUT2D eigenvalue weighted by atomic mass is 9.90. The van der Waals surface area contributed by atoms with E-state index in [1.54, 1.807) is 6.07 Å². The maximum absolute atomic E-state index is 9.98. The molecule has 1 aromatic rings. The Kier molecular flexibility index (Phi) is 3.80. The van der Waals surface area contributed by atoms with E-state index < -0.39 is 0 Å². The van der Waals surface area contributed by atoms with Gasteiger partial charge in [0.25, 0.3) is 0 Å². The summed E-state index contributed by atoms with van der Waals surface area (Å²) >= 11 is 0. The van der Waals surface area contributed by atoms with Gasteiger partial charge in [0, 0.05) is 0 Å². The zero-order valence-corrected chi connectivity index (χ0v) is 9.39. The molecule has 0 aromatic heterocycles. The zero-order valence-electron chi connectivity index (χ0n) is 9.39. The summed E-state index contributed by atoms with van der Waals surface area (Å²) in [5, 5.41) is 23.0. The van der Waals surface area contributed by atoms with Crippen molar-refractivity contribution >= 4 is 0 Å². The highest BCUT2D eigenvalue weighted by molar-refractivity contribution is 5.32. The van der Waals surface area contributed by atoms with Gasteiger partial charge in [0.1, 0.15) is 5.75 Å². The van der Waals surface area contributed by atoms with E-state index in [1.165, 1.54) is 0 Å². The highest BCUT2D eigenvalue weighted by Crippen LogP contribution is 2.24. The van der Waals surface area contributed by atoms with Crippen LogP contribution in [0.4, 0.5) is 0 Å². The summed E-state index contributed by atoms with van der Waals surface area (Å²) in [5.41, 5.74) is 0.938. The molecule has 0 spiro atoms. The minimum Gasteiger partial charge on any atom is -0.508 e. The smallest absolute Gasteiger partial charge is 0.118 e. The fourth-order valence-electron chi connectivity index (χ4n) is 2.29. The van der Waals surface area contributed by atoms with Crippen molar-refractivity contribution in [2.45, 2.75) is 25.4 Å². The van der Waals surface area contributed by atoms with E-state index in [0.29, 0.717) is 5.75 Å². The Morgan fingerprint density at radius 1 is 1.19 bits per heavy atom. The van der Waals surface area contributed by atoms with Crippen molar-refractivity contribution in [3.63, 3.8) is 0 Å². The summed E-state index contributed by atoms with van der Waals surface area (Å²) < 4.78 is 0. The molecular weight excluding hydrogens is 202 g/mol. The van der Waals surface area contributed by atoms with Gasteiger partial charge in [-0.2, -0.15) is 0 Å². The molecule has 2 unspecified atom stereocenters. The molecule has 0 bridgehead atoms. The average Bonchev–Trinajstić information content (AvgIpc) is 2.48. The Morgan fingerprint density at radius 3 is 2.75 bits per heavy atom. The first-order chi connectivity index (χ1) is 7.77. The molecule has 1 fully saturated rings.